The molecule has 0 aliphatic rings. The number of halogens is 3. The number of alkyl halides is 3. The fraction of sp³-hybridized carbons (Fsp3) is 0.0714. The van der Waals surface area contributed by atoms with Crippen molar-refractivity contribution in [3.8, 4) is 11.5 Å². The molecule has 0 aliphatic heterocycles. The Hall–Kier alpha value is -3.10. The summed E-state index contributed by atoms with van der Waals surface area (Å²) in [6.07, 6.45) is -4.48. The van der Waals surface area contributed by atoms with E-state index in [-0.39, 0.29) is 11.5 Å². The van der Waals surface area contributed by atoms with Crippen molar-refractivity contribution in [3.63, 3.8) is 0 Å². The molecule has 0 atom stereocenters. The number of nitro groups is 1. The van der Waals surface area contributed by atoms with Crippen LogP contribution in [-0.4, -0.2) is 16.0 Å². The highest BCUT2D eigenvalue weighted by atomic mass is 19.4. The minimum atomic E-state index is -4.48. The average molecular weight is 327 g/mol. The lowest BCUT2D eigenvalue weighted by molar-refractivity contribution is -0.385. The predicted octanol–water partition coefficient (Wildman–Crippen LogP) is 4.10. The van der Waals surface area contributed by atoms with Gasteiger partial charge in [0.1, 0.15) is 17.1 Å². The molecule has 0 saturated carbocycles. The molecule has 2 aromatic rings. The first-order valence-corrected chi connectivity index (χ1v) is 6.05. The largest absolute Gasteiger partial charge is 0.477 e. The topological polar surface area (TPSA) is 89.7 Å². The summed E-state index contributed by atoms with van der Waals surface area (Å²) in [5, 5.41) is 19.7. The second-order valence-corrected chi connectivity index (χ2v) is 4.37. The fourth-order valence-corrected chi connectivity index (χ4v) is 1.76. The maximum atomic E-state index is 12.4. The zero-order valence-electron chi connectivity index (χ0n) is 11.2. The normalized spacial score (nSPS) is 11.1. The van der Waals surface area contributed by atoms with Gasteiger partial charge in [0.2, 0.25) is 0 Å². The minimum Gasteiger partial charge on any atom is -0.477 e. The summed E-state index contributed by atoms with van der Waals surface area (Å²) in [5.74, 6) is -1.54. The third-order valence-electron chi connectivity index (χ3n) is 2.81. The van der Waals surface area contributed by atoms with Gasteiger partial charge >= 0.3 is 12.1 Å². The molecule has 6 nitrogen and oxygen atoms in total. The maximum absolute atomic E-state index is 12.4. The highest BCUT2D eigenvalue weighted by molar-refractivity contribution is 5.92. The molecule has 0 fully saturated rings. The Morgan fingerprint density at radius 1 is 1.09 bits per heavy atom. The van der Waals surface area contributed by atoms with Crippen LogP contribution in [-0.2, 0) is 6.18 Å². The zero-order chi connectivity index (χ0) is 17.2. The van der Waals surface area contributed by atoms with Crippen molar-refractivity contribution < 1.29 is 32.7 Å². The van der Waals surface area contributed by atoms with E-state index >= 15 is 0 Å². The van der Waals surface area contributed by atoms with Crippen molar-refractivity contribution in [1.82, 2.24) is 0 Å². The number of hydrogen-bond donors (Lipinski definition) is 1. The Balaban J connectivity index is 2.28. The lowest BCUT2D eigenvalue weighted by Crippen LogP contribution is -2.04. The molecular weight excluding hydrogens is 319 g/mol. The summed E-state index contributed by atoms with van der Waals surface area (Å²) < 4.78 is 42.5. The van der Waals surface area contributed by atoms with Gasteiger partial charge in [-0.3, -0.25) is 10.1 Å². The van der Waals surface area contributed by atoms with Crippen molar-refractivity contribution in [1.29, 1.82) is 0 Å². The Kier molecular flexibility index (Phi) is 4.21. The minimum absolute atomic E-state index is 0.0307. The molecular formula is C14H8F3NO5. The summed E-state index contributed by atoms with van der Waals surface area (Å²) in [6.45, 7) is 0. The third-order valence-corrected chi connectivity index (χ3v) is 2.81. The number of aromatic carboxylic acids is 1. The van der Waals surface area contributed by atoms with Gasteiger partial charge in [0.05, 0.1) is 10.5 Å². The van der Waals surface area contributed by atoms with E-state index in [1.54, 1.807) is 0 Å². The second-order valence-electron chi connectivity index (χ2n) is 4.37. The predicted molar refractivity (Wildman–Crippen MR) is 71.6 cm³/mol. The van der Waals surface area contributed by atoms with Crippen LogP contribution in [0.3, 0.4) is 0 Å². The van der Waals surface area contributed by atoms with Crippen molar-refractivity contribution in [2.24, 2.45) is 0 Å². The van der Waals surface area contributed by atoms with Gasteiger partial charge < -0.3 is 9.84 Å². The Morgan fingerprint density at radius 3 is 2.13 bits per heavy atom. The zero-order valence-corrected chi connectivity index (χ0v) is 11.2. The molecule has 2 aromatic carbocycles. The molecule has 0 spiro atoms. The van der Waals surface area contributed by atoms with Gasteiger partial charge in [-0.1, -0.05) is 0 Å². The van der Waals surface area contributed by atoms with E-state index in [1.165, 1.54) is 0 Å². The van der Waals surface area contributed by atoms with Gasteiger partial charge in [0, 0.05) is 12.1 Å². The fourth-order valence-electron chi connectivity index (χ4n) is 1.76. The smallest absolute Gasteiger partial charge is 0.416 e. The summed E-state index contributed by atoms with van der Waals surface area (Å²) in [5.41, 5.74) is -2.06. The van der Waals surface area contributed by atoms with Crippen molar-refractivity contribution >= 4 is 11.7 Å². The van der Waals surface area contributed by atoms with E-state index in [9.17, 15) is 28.1 Å². The second kappa shape index (κ2) is 5.95. The molecule has 9 heteroatoms. The number of carboxylic acids is 1. The molecule has 0 saturated heterocycles. The third kappa shape index (κ3) is 3.76. The molecule has 0 unspecified atom stereocenters. The monoisotopic (exact) mass is 327 g/mol. The van der Waals surface area contributed by atoms with Crippen LogP contribution >= 0.6 is 0 Å². The first kappa shape index (κ1) is 16.3. The van der Waals surface area contributed by atoms with Crippen molar-refractivity contribution in [3.05, 3.63) is 63.7 Å². The number of carboxylic acid groups (broad SMARTS) is 1. The number of nitro benzene ring substituents is 1. The molecule has 120 valence electrons. The van der Waals surface area contributed by atoms with Crippen LogP contribution < -0.4 is 4.74 Å². The summed E-state index contributed by atoms with van der Waals surface area (Å²) in [4.78, 5) is 20.9. The van der Waals surface area contributed by atoms with E-state index in [1.807, 2.05) is 0 Å². The lowest BCUT2D eigenvalue weighted by atomic mass is 10.1. The SMILES string of the molecule is O=C(O)c1cc(Oc2ccc(C(F)(F)F)cc2)ccc1[N+](=O)[O-]. The highest BCUT2D eigenvalue weighted by Gasteiger charge is 2.30. The first-order chi connectivity index (χ1) is 10.7. The van der Waals surface area contributed by atoms with E-state index in [4.69, 9.17) is 9.84 Å². The summed E-state index contributed by atoms with van der Waals surface area (Å²) in [6, 6.07) is 6.76. The van der Waals surface area contributed by atoms with E-state index in [2.05, 4.69) is 0 Å². The molecule has 0 heterocycles. The van der Waals surface area contributed by atoms with Crippen LogP contribution in [0.5, 0.6) is 11.5 Å². The van der Waals surface area contributed by atoms with Gasteiger partial charge in [0.15, 0.2) is 0 Å². The number of rotatable bonds is 4. The van der Waals surface area contributed by atoms with Gasteiger partial charge in [-0.2, -0.15) is 13.2 Å². The highest BCUT2D eigenvalue weighted by Crippen LogP contribution is 2.32. The van der Waals surface area contributed by atoms with Crippen LogP contribution in [0.25, 0.3) is 0 Å². The van der Waals surface area contributed by atoms with Crippen molar-refractivity contribution in [2.45, 2.75) is 6.18 Å². The first-order valence-electron chi connectivity index (χ1n) is 6.05. The summed E-state index contributed by atoms with van der Waals surface area (Å²) in [7, 11) is 0. The molecule has 2 rings (SSSR count). The van der Waals surface area contributed by atoms with Crippen LogP contribution in [0.1, 0.15) is 15.9 Å². The Labute approximate surface area is 126 Å². The molecule has 0 bridgehead atoms. The molecule has 0 aromatic heterocycles. The van der Waals surface area contributed by atoms with Crippen LogP contribution in [0.15, 0.2) is 42.5 Å². The summed E-state index contributed by atoms with van der Waals surface area (Å²) >= 11 is 0. The molecule has 0 amide bonds. The van der Waals surface area contributed by atoms with E-state index in [0.29, 0.717) is 0 Å². The van der Waals surface area contributed by atoms with Crippen LogP contribution in [0.2, 0.25) is 0 Å². The average Bonchev–Trinajstić information content (AvgIpc) is 2.46. The van der Waals surface area contributed by atoms with Gasteiger partial charge in [-0.15, -0.1) is 0 Å². The molecule has 1 N–H and O–H groups in total. The molecule has 0 aliphatic carbocycles. The van der Waals surface area contributed by atoms with Crippen LogP contribution in [0, 0.1) is 10.1 Å². The molecule has 0 radical (unpaired) electrons. The van der Waals surface area contributed by atoms with Gasteiger partial charge in [0.25, 0.3) is 5.69 Å². The number of benzene rings is 2. The quantitative estimate of drug-likeness (QED) is 0.674. The maximum Gasteiger partial charge on any atom is 0.416 e. The van der Waals surface area contributed by atoms with Gasteiger partial charge in [-0.25, -0.2) is 4.79 Å². The van der Waals surface area contributed by atoms with Gasteiger partial charge in [-0.05, 0) is 30.3 Å². The van der Waals surface area contributed by atoms with E-state index in [0.717, 1.165) is 42.5 Å². The Bertz CT molecular complexity index is 756. The molecule has 23 heavy (non-hydrogen) atoms. The standard InChI is InChI=1S/C14H8F3NO5/c15-14(16,17)8-1-3-9(4-2-8)23-10-5-6-12(18(21)22)11(7-10)13(19)20/h1-7H,(H,19,20). The number of ether oxygens (including phenoxy) is 1. The number of nitrogens with zero attached hydrogens (tertiary/aromatic N) is 1. The van der Waals surface area contributed by atoms with E-state index < -0.39 is 33.9 Å². The van der Waals surface area contributed by atoms with Crippen molar-refractivity contribution in [2.75, 3.05) is 0 Å². The van der Waals surface area contributed by atoms with Crippen LogP contribution in [0.4, 0.5) is 18.9 Å². The number of hydrogen-bond acceptors (Lipinski definition) is 4. The number of carbonyl (C=O) groups is 1. The Morgan fingerprint density at radius 2 is 1.65 bits per heavy atom. The lowest BCUT2D eigenvalue weighted by Gasteiger charge is -2.09.